The van der Waals surface area contributed by atoms with Crippen LogP contribution < -0.4 is 10.6 Å². The Balaban J connectivity index is 1.78. The number of nitrogens with zero attached hydrogens (tertiary/aromatic N) is 1. The number of likely N-dealkylation sites (N-methyl/N-ethyl adjacent to an activating group) is 1. The van der Waals surface area contributed by atoms with Crippen molar-refractivity contribution in [2.75, 3.05) is 25.5 Å². The zero-order valence-electron chi connectivity index (χ0n) is 13.7. The maximum Gasteiger partial charge on any atom is 0.251 e. The lowest BCUT2D eigenvalue weighted by atomic mass is 10.2. The fourth-order valence-corrected chi connectivity index (χ4v) is 2.02. The standard InChI is InChI=1S/C18H18FN3O3/c1-22(12-16(23)21-15-9-7-14(19)8-10-15)17(24)11-20-18(25)13-5-3-2-4-6-13/h2-10H,11-12H2,1H3,(H,20,25)(H,21,23). The van der Waals surface area contributed by atoms with Crippen molar-refractivity contribution in [2.24, 2.45) is 0 Å². The summed E-state index contributed by atoms with van der Waals surface area (Å²) in [5, 5.41) is 5.06. The number of halogens is 1. The highest BCUT2D eigenvalue weighted by atomic mass is 19.1. The molecule has 7 heteroatoms. The van der Waals surface area contributed by atoms with Crippen LogP contribution in [0, 0.1) is 5.82 Å². The van der Waals surface area contributed by atoms with E-state index in [1.807, 2.05) is 0 Å². The molecule has 2 N–H and O–H groups in total. The molecule has 2 aromatic rings. The molecule has 0 spiro atoms. The van der Waals surface area contributed by atoms with E-state index in [0.717, 1.165) is 0 Å². The van der Waals surface area contributed by atoms with E-state index in [4.69, 9.17) is 0 Å². The monoisotopic (exact) mass is 343 g/mol. The summed E-state index contributed by atoms with van der Waals surface area (Å²) < 4.78 is 12.8. The summed E-state index contributed by atoms with van der Waals surface area (Å²) in [6, 6.07) is 13.8. The molecule has 0 aliphatic carbocycles. The normalized spacial score (nSPS) is 10.0. The number of benzene rings is 2. The van der Waals surface area contributed by atoms with E-state index in [9.17, 15) is 18.8 Å². The molecule has 2 rings (SSSR count). The number of anilines is 1. The van der Waals surface area contributed by atoms with Crippen LogP contribution in [-0.4, -0.2) is 42.8 Å². The average Bonchev–Trinajstić information content (AvgIpc) is 2.62. The molecule has 0 aromatic heterocycles. The van der Waals surface area contributed by atoms with Crippen molar-refractivity contribution < 1.29 is 18.8 Å². The molecule has 0 atom stereocenters. The van der Waals surface area contributed by atoms with Crippen molar-refractivity contribution in [3.63, 3.8) is 0 Å². The van der Waals surface area contributed by atoms with Crippen LogP contribution in [0.4, 0.5) is 10.1 Å². The van der Waals surface area contributed by atoms with Crippen LogP contribution in [0.5, 0.6) is 0 Å². The first kappa shape index (κ1) is 18.1. The highest BCUT2D eigenvalue weighted by molar-refractivity contribution is 5.97. The number of nitrogens with one attached hydrogen (secondary N) is 2. The lowest BCUT2D eigenvalue weighted by Crippen LogP contribution is -2.41. The highest BCUT2D eigenvalue weighted by Gasteiger charge is 2.14. The van der Waals surface area contributed by atoms with E-state index in [-0.39, 0.29) is 19.0 Å². The summed E-state index contributed by atoms with van der Waals surface area (Å²) in [4.78, 5) is 36.9. The zero-order chi connectivity index (χ0) is 18.2. The first-order valence-electron chi connectivity index (χ1n) is 7.58. The molecule has 0 saturated carbocycles. The second-order valence-electron chi connectivity index (χ2n) is 5.35. The molecular formula is C18H18FN3O3. The maximum atomic E-state index is 12.8. The Kier molecular flexibility index (Phi) is 6.22. The molecule has 0 bridgehead atoms. The van der Waals surface area contributed by atoms with Gasteiger partial charge in [-0.15, -0.1) is 0 Å². The third-order valence-electron chi connectivity index (χ3n) is 3.37. The molecule has 2 aromatic carbocycles. The van der Waals surface area contributed by atoms with E-state index >= 15 is 0 Å². The van der Waals surface area contributed by atoms with Gasteiger partial charge in [-0.05, 0) is 36.4 Å². The molecule has 130 valence electrons. The number of rotatable bonds is 6. The van der Waals surface area contributed by atoms with E-state index in [1.54, 1.807) is 30.3 Å². The van der Waals surface area contributed by atoms with Gasteiger partial charge in [0.05, 0.1) is 13.1 Å². The van der Waals surface area contributed by atoms with E-state index in [2.05, 4.69) is 10.6 Å². The van der Waals surface area contributed by atoms with Gasteiger partial charge >= 0.3 is 0 Å². The molecule has 0 aliphatic rings. The molecule has 0 aliphatic heterocycles. The molecule has 25 heavy (non-hydrogen) atoms. The molecule has 0 unspecified atom stereocenters. The predicted octanol–water partition coefficient (Wildman–Crippen LogP) is 1.65. The lowest BCUT2D eigenvalue weighted by molar-refractivity contribution is -0.132. The quantitative estimate of drug-likeness (QED) is 0.837. The van der Waals surface area contributed by atoms with Gasteiger partial charge in [-0.2, -0.15) is 0 Å². The van der Waals surface area contributed by atoms with Gasteiger partial charge in [0, 0.05) is 18.3 Å². The van der Waals surface area contributed by atoms with Gasteiger partial charge in [0.15, 0.2) is 0 Å². The van der Waals surface area contributed by atoms with Crippen LogP contribution in [0.15, 0.2) is 54.6 Å². The highest BCUT2D eigenvalue weighted by Crippen LogP contribution is 2.08. The van der Waals surface area contributed by atoms with Crippen molar-refractivity contribution in [2.45, 2.75) is 0 Å². The minimum atomic E-state index is -0.420. The number of carbonyl (C=O) groups excluding carboxylic acids is 3. The largest absolute Gasteiger partial charge is 0.343 e. The van der Waals surface area contributed by atoms with Crippen LogP contribution in [0.25, 0.3) is 0 Å². The van der Waals surface area contributed by atoms with E-state index in [1.165, 1.54) is 36.2 Å². The predicted molar refractivity (Wildman–Crippen MR) is 91.4 cm³/mol. The number of amides is 3. The number of hydrogen-bond donors (Lipinski definition) is 2. The molecule has 0 fully saturated rings. The molecular weight excluding hydrogens is 325 g/mol. The average molecular weight is 343 g/mol. The first-order chi connectivity index (χ1) is 12.0. The van der Waals surface area contributed by atoms with Gasteiger partial charge in [-0.1, -0.05) is 18.2 Å². The summed E-state index contributed by atoms with van der Waals surface area (Å²) in [5.41, 5.74) is 0.886. The lowest BCUT2D eigenvalue weighted by Gasteiger charge is -2.17. The molecule has 0 heterocycles. The van der Waals surface area contributed by atoms with Crippen LogP contribution in [-0.2, 0) is 9.59 Å². The summed E-state index contributed by atoms with van der Waals surface area (Å²) in [5.74, 6) is -1.59. The summed E-state index contributed by atoms with van der Waals surface area (Å²) in [6.45, 7) is -0.397. The van der Waals surface area contributed by atoms with Crippen LogP contribution in [0.3, 0.4) is 0 Å². The van der Waals surface area contributed by atoms with Gasteiger partial charge in [0.1, 0.15) is 5.82 Å². The molecule has 3 amide bonds. The van der Waals surface area contributed by atoms with Gasteiger partial charge in [-0.25, -0.2) is 4.39 Å². The molecule has 0 saturated heterocycles. The van der Waals surface area contributed by atoms with Gasteiger partial charge in [0.2, 0.25) is 11.8 Å². The van der Waals surface area contributed by atoms with Gasteiger partial charge in [-0.3, -0.25) is 14.4 Å². The summed E-state index contributed by atoms with van der Waals surface area (Å²) in [6.07, 6.45) is 0. The van der Waals surface area contributed by atoms with E-state index in [0.29, 0.717) is 11.3 Å². The Morgan fingerprint density at radius 1 is 1.00 bits per heavy atom. The third kappa shape index (κ3) is 5.72. The van der Waals surface area contributed by atoms with Crippen LogP contribution in [0.1, 0.15) is 10.4 Å². The second-order valence-corrected chi connectivity index (χ2v) is 5.35. The number of hydrogen-bond acceptors (Lipinski definition) is 3. The Labute approximate surface area is 144 Å². The maximum absolute atomic E-state index is 12.8. The second kappa shape index (κ2) is 8.58. The van der Waals surface area contributed by atoms with Crippen molar-refractivity contribution in [3.8, 4) is 0 Å². The first-order valence-corrected chi connectivity index (χ1v) is 7.58. The smallest absolute Gasteiger partial charge is 0.251 e. The Morgan fingerprint density at radius 3 is 2.28 bits per heavy atom. The fourth-order valence-electron chi connectivity index (χ4n) is 2.02. The van der Waals surface area contributed by atoms with Crippen molar-refractivity contribution in [3.05, 3.63) is 66.0 Å². The SMILES string of the molecule is CN(CC(=O)Nc1ccc(F)cc1)C(=O)CNC(=O)c1ccccc1. The van der Waals surface area contributed by atoms with Crippen LogP contribution >= 0.6 is 0 Å². The summed E-state index contributed by atoms with van der Waals surface area (Å²) in [7, 11) is 1.46. The number of carbonyl (C=O) groups is 3. The zero-order valence-corrected chi connectivity index (χ0v) is 13.7. The summed E-state index contributed by atoms with van der Waals surface area (Å²) >= 11 is 0. The Bertz CT molecular complexity index is 748. The molecule has 0 radical (unpaired) electrons. The topological polar surface area (TPSA) is 78.5 Å². The van der Waals surface area contributed by atoms with Crippen molar-refractivity contribution in [1.29, 1.82) is 0 Å². The molecule has 6 nitrogen and oxygen atoms in total. The van der Waals surface area contributed by atoms with Gasteiger partial charge in [0.25, 0.3) is 5.91 Å². The Morgan fingerprint density at radius 2 is 1.64 bits per heavy atom. The van der Waals surface area contributed by atoms with Gasteiger partial charge < -0.3 is 15.5 Å². The Hall–Kier alpha value is -3.22. The minimum absolute atomic E-state index is 0.183. The van der Waals surface area contributed by atoms with E-state index < -0.39 is 17.6 Å². The third-order valence-corrected chi connectivity index (χ3v) is 3.37. The van der Waals surface area contributed by atoms with Crippen molar-refractivity contribution in [1.82, 2.24) is 10.2 Å². The fraction of sp³-hybridized carbons (Fsp3) is 0.167. The minimum Gasteiger partial charge on any atom is -0.343 e. The van der Waals surface area contributed by atoms with Crippen LogP contribution in [0.2, 0.25) is 0 Å². The van der Waals surface area contributed by atoms with Crippen molar-refractivity contribution >= 4 is 23.4 Å².